The Bertz CT molecular complexity index is 602. The van der Waals surface area contributed by atoms with Crippen LogP contribution in [0.1, 0.15) is 18.4 Å². The number of carbonyl (C=O) groups is 2. The van der Waals surface area contributed by atoms with Crippen molar-refractivity contribution in [1.29, 1.82) is 0 Å². The molecule has 0 bridgehead atoms. The zero-order valence-corrected chi connectivity index (χ0v) is 10.9. The van der Waals surface area contributed by atoms with Gasteiger partial charge in [0.15, 0.2) is 0 Å². The fourth-order valence-electron chi connectivity index (χ4n) is 2.59. The summed E-state index contributed by atoms with van der Waals surface area (Å²) in [6, 6.07) is 1.66. The monoisotopic (exact) mass is 323 g/mol. The van der Waals surface area contributed by atoms with E-state index in [4.69, 9.17) is 0 Å². The third kappa shape index (κ3) is 2.62. The van der Waals surface area contributed by atoms with Crippen LogP contribution in [-0.4, -0.2) is 29.2 Å². The number of hydrogen-bond acceptors (Lipinski definition) is 2. The first-order chi connectivity index (χ1) is 10.1. The van der Waals surface area contributed by atoms with Crippen molar-refractivity contribution in [3.63, 3.8) is 0 Å². The predicted octanol–water partition coefficient (Wildman–Crippen LogP) is 2.13. The Hall–Kier alpha value is -2.19. The lowest BCUT2D eigenvalue weighted by molar-refractivity contribution is -0.176. The Kier molecular flexibility index (Phi) is 3.84. The van der Waals surface area contributed by atoms with Crippen LogP contribution in [0.15, 0.2) is 18.2 Å². The van der Waals surface area contributed by atoms with E-state index in [2.05, 4.69) is 0 Å². The van der Waals surface area contributed by atoms with Gasteiger partial charge >= 0.3 is 18.1 Å². The Morgan fingerprint density at radius 2 is 1.68 bits per heavy atom. The van der Waals surface area contributed by atoms with Crippen molar-refractivity contribution in [2.45, 2.75) is 30.5 Å². The van der Waals surface area contributed by atoms with Crippen LogP contribution in [0.4, 0.5) is 22.0 Å². The van der Waals surface area contributed by atoms with Crippen molar-refractivity contribution >= 4 is 11.9 Å². The number of rotatable bonds is 3. The molecule has 9 heteroatoms. The molecule has 0 heterocycles. The fraction of sp³-hybridized carbons (Fsp3) is 0.385. The van der Waals surface area contributed by atoms with Gasteiger partial charge in [-0.05, 0) is 25.0 Å². The van der Waals surface area contributed by atoms with E-state index in [1.165, 1.54) is 0 Å². The number of alkyl halides is 3. The first kappa shape index (κ1) is 16.2. The lowest BCUT2D eigenvalue weighted by atomic mass is 9.61. The number of hydrogen-bond donors (Lipinski definition) is 2. The molecule has 22 heavy (non-hydrogen) atoms. The van der Waals surface area contributed by atoms with Gasteiger partial charge in [0, 0.05) is 11.6 Å². The van der Waals surface area contributed by atoms with Crippen molar-refractivity contribution < 1.29 is 36.6 Å². The molecule has 1 aromatic carbocycles. The van der Waals surface area contributed by atoms with Crippen molar-refractivity contribution in [3.05, 3.63) is 35.4 Å². The summed E-state index contributed by atoms with van der Waals surface area (Å²) in [5.74, 6) is -5.97. The highest BCUT2D eigenvalue weighted by molar-refractivity contribution is 5.85. The van der Waals surface area contributed by atoms with E-state index in [-0.39, 0.29) is 0 Å². The molecule has 0 saturated heterocycles. The first-order valence-electron chi connectivity index (χ1n) is 6.13. The molecule has 1 aliphatic rings. The van der Waals surface area contributed by atoms with E-state index in [0.29, 0.717) is 0 Å². The van der Waals surface area contributed by atoms with E-state index in [1.54, 1.807) is 5.32 Å². The predicted molar refractivity (Wildman–Crippen MR) is 62.9 cm³/mol. The van der Waals surface area contributed by atoms with Crippen LogP contribution in [0.3, 0.4) is 0 Å². The van der Waals surface area contributed by atoms with E-state index in [9.17, 15) is 36.6 Å². The van der Waals surface area contributed by atoms with Crippen LogP contribution >= 0.6 is 0 Å². The smallest absolute Gasteiger partial charge is 0.471 e. The van der Waals surface area contributed by atoms with E-state index >= 15 is 0 Å². The average Bonchev–Trinajstić information content (AvgIpc) is 2.32. The van der Waals surface area contributed by atoms with Crippen molar-refractivity contribution in [2.24, 2.45) is 0 Å². The summed E-state index contributed by atoms with van der Waals surface area (Å²) in [4.78, 5) is 22.2. The molecule has 1 amide bonds. The quantitative estimate of drug-likeness (QED) is 0.838. The van der Waals surface area contributed by atoms with E-state index in [0.717, 1.165) is 18.2 Å². The minimum atomic E-state index is -5.11. The number of nitrogens with one attached hydrogen (secondary N) is 1. The summed E-state index contributed by atoms with van der Waals surface area (Å²) in [6.45, 7) is 0. The van der Waals surface area contributed by atoms with Gasteiger partial charge in [-0.2, -0.15) is 13.2 Å². The highest BCUT2D eigenvalue weighted by Gasteiger charge is 2.56. The van der Waals surface area contributed by atoms with E-state index < -0.39 is 59.5 Å². The van der Waals surface area contributed by atoms with Crippen molar-refractivity contribution in [3.8, 4) is 0 Å². The fourth-order valence-corrected chi connectivity index (χ4v) is 2.59. The number of aliphatic carboxylic acids is 1. The van der Waals surface area contributed by atoms with E-state index in [1.807, 2.05) is 0 Å². The van der Waals surface area contributed by atoms with Crippen LogP contribution in [-0.2, 0) is 15.0 Å². The molecular weight excluding hydrogens is 313 g/mol. The molecule has 0 aromatic heterocycles. The Labute approximate surface area is 120 Å². The summed E-state index contributed by atoms with van der Waals surface area (Å²) < 4.78 is 63.8. The van der Waals surface area contributed by atoms with Crippen LogP contribution in [0, 0.1) is 11.6 Å². The lowest BCUT2D eigenvalue weighted by Gasteiger charge is -2.45. The minimum absolute atomic E-state index is 0.526. The second-order valence-electron chi connectivity index (χ2n) is 5.06. The molecule has 0 unspecified atom stereocenters. The van der Waals surface area contributed by atoms with Gasteiger partial charge in [-0.25, -0.2) is 8.78 Å². The molecule has 4 nitrogen and oxygen atoms in total. The third-order valence-corrected chi connectivity index (χ3v) is 3.63. The van der Waals surface area contributed by atoms with Crippen molar-refractivity contribution in [1.82, 2.24) is 5.32 Å². The van der Waals surface area contributed by atoms with Gasteiger partial charge in [0.1, 0.15) is 17.0 Å². The summed E-state index contributed by atoms with van der Waals surface area (Å²) in [5, 5.41) is 10.8. The van der Waals surface area contributed by atoms with Crippen molar-refractivity contribution in [2.75, 3.05) is 0 Å². The molecule has 2 N–H and O–H groups in total. The summed E-state index contributed by atoms with van der Waals surface area (Å²) in [5.41, 5.74) is -2.70. The van der Waals surface area contributed by atoms with Gasteiger partial charge in [-0.1, -0.05) is 6.07 Å². The number of carboxylic acids is 1. The topological polar surface area (TPSA) is 66.4 Å². The van der Waals surface area contributed by atoms with Crippen LogP contribution in [0.25, 0.3) is 0 Å². The summed E-state index contributed by atoms with van der Waals surface area (Å²) >= 11 is 0. The molecule has 120 valence electrons. The standard InChI is InChI=1S/C13H10F5NO3/c14-7-2-1-3-8(15)9(7)12(11(21)22)4-6(5-12)19-10(20)13(16,17)18/h1-3,6H,4-5H2,(H,19,20)(H,21,22). The largest absolute Gasteiger partial charge is 0.481 e. The summed E-state index contributed by atoms with van der Waals surface area (Å²) in [6.07, 6.45) is -6.16. The zero-order chi connectivity index (χ0) is 16.7. The molecule has 1 fully saturated rings. The number of halogens is 5. The number of carbonyl (C=O) groups excluding carboxylic acids is 1. The molecule has 0 spiro atoms. The first-order valence-corrected chi connectivity index (χ1v) is 6.13. The van der Waals surface area contributed by atoms with Gasteiger partial charge < -0.3 is 10.4 Å². The van der Waals surface area contributed by atoms with Gasteiger partial charge in [0.2, 0.25) is 0 Å². The van der Waals surface area contributed by atoms with Gasteiger partial charge in [-0.15, -0.1) is 0 Å². The highest BCUT2D eigenvalue weighted by Crippen LogP contribution is 2.46. The summed E-state index contributed by atoms with van der Waals surface area (Å²) in [7, 11) is 0. The van der Waals surface area contributed by atoms with Crippen LogP contribution in [0.2, 0.25) is 0 Å². The molecule has 0 aliphatic heterocycles. The average molecular weight is 323 g/mol. The Morgan fingerprint density at radius 1 is 1.18 bits per heavy atom. The lowest BCUT2D eigenvalue weighted by Crippen LogP contribution is -2.59. The molecule has 1 aromatic rings. The maximum absolute atomic E-state index is 13.7. The molecule has 0 atom stereocenters. The molecule has 1 saturated carbocycles. The maximum atomic E-state index is 13.7. The molecule has 2 rings (SSSR count). The zero-order valence-electron chi connectivity index (χ0n) is 10.9. The Balaban J connectivity index is 2.23. The second kappa shape index (κ2) is 5.22. The Morgan fingerprint density at radius 3 is 2.09 bits per heavy atom. The maximum Gasteiger partial charge on any atom is 0.471 e. The van der Waals surface area contributed by atoms with Gasteiger partial charge in [0.05, 0.1) is 0 Å². The van der Waals surface area contributed by atoms with Gasteiger partial charge in [0.25, 0.3) is 0 Å². The molecule has 0 radical (unpaired) electrons. The third-order valence-electron chi connectivity index (χ3n) is 3.63. The van der Waals surface area contributed by atoms with Crippen LogP contribution in [0.5, 0.6) is 0 Å². The highest BCUT2D eigenvalue weighted by atomic mass is 19.4. The second-order valence-corrected chi connectivity index (χ2v) is 5.06. The SMILES string of the molecule is O=C(NC1CC(C(=O)O)(c2c(F)cccc2F)C1)C(F)(F)F. The van der Waals surface area contributed by atoms with Gasteiger partial charge in [-0.3, -0.25) is 9.59 Å². The molecular formula is C13H10F5NO3. The molecule has 1 aliphatic carbocycles. The number of carboxylic acid groups (broad SMARTS) is 1. The normalized spacial score (nSPS) is 24.5. The number of benzene rings is 1. The number of amides is 1. The minimum Gasteiger partial charge on any atom is -0.481 e. The van der Waals surface area contributed by atoms with Crippen LogP contribution < -0.4 is 5.32 Å².